The van der Waals surface area contributed by atoms with Crippen molar-refractivity contribution < 1.29 is 28.5 Å². The molecular weight excluding hydrogens is 374 g/mol. The SMILES string of the molecule is COc1cc(OC)cc(C2=N/C(=C\c3cc(C)c(OC(C)=O)c(C)c3)C(=O)O2)c1. The van der Waals surface area contributed by atoms with Crippen LogP contribution in [-0.2, 0) is 14.3 Å². The number of ether oxygens (including phenoxy) is 4. The first-order valence-corrected chi connectivity index (χ1v) is 8.86. The largest absolute Gasteiger partial charge is 0.497 e. The van der Waals surface area contributed by atoms with Crippen LogP contribution in [0.2, 0.25) is 0 Å². The van der Waals surface area contributed by atoms with Crippen LogP contribution in [-0.4, -0.2) is 32.1 Å². The highest BCUT2D eigenvalue weighted by Crippen LogP contribution is 2.29. The van der Waals surface area contributed by atoms with Crippen LogP contribution in [0.1, 0.15) is 29.2 Å². The Bertz CT molecular complexity index is 1010. The molecule has 1 heterocycles. The van der Waals surface area contributed by atoms with Gasteiger partial charge >= 0.3 is 11.9 Å². The molecule has 0 spiro atoms. The van der Waals surface area contributed by atoms with Gasteiger partial charge in [-0.15, -0.1) is 0 Å². The van der Waals surface area contributed by atoms with E-state index in [1.54, 1.807) is 24.3 Å². The molecule has 0 aliphatic carbocycles. The Hall–Kier alpha value is -3.61. The Morgan fingerprint density at radius 1 is 1.00 bits per heavy atom. The van der Waals surface area contributed by atoms with Gasteiger partial charge in [-0.05, 0) is 60.9 Å². The summed E-state index contributed by atoms with van der Waals surface area (Å²) in [7, 11) is 3.08. The maximum Gasteiger partial charge on any atom is 0.363 e. The minimum atomic E-state index is -0.554. The van der Waals surface area contributed by atoms with E-state index < -0.39 is 5.97 Å². The number of aliphatic imine (C=N–C) groups is 1. The predicted molar refractivity (Wildman–Crippen MR) is 107 cm³/mol. The van der Waals surface area contributed by atoms with Crippen LogP contribution >= 0.6 is 0 Å². The molecular formula is C22H21NO6. The van der Waals surface area contributed by atoms with Crippen LogP contribution in [0.15, 0.2) is 41.0 Å². The predicted octanol–water partition coefficient (Wildman–Crippen LogP) is 3.59. The monoisotopic (exact) mass is 395 g/mol. The van der Waals surface area contributed by atoms with Crippen molar-refractivity contribution in [2.24, 2.45) is 4.99 Å². The maximum absolute atomic E-state index is 12.3. The van der Waals surface area contributed by atoms with Gasteiger partial charge in [0, 0.05) is 18.6 Å². The van der Waals surface area contributed by atoms with E-state index in [0.717, 1.165) is 16.7 Å². The fraction of sp³-hybridized carbons (Fsp3) is 0.227. The molecule has 2 aromatic carbocycles. The molecule has 2 aromatic rings. The van der Waals surface area contributed by atoms with Crippen molar-refractivity contribution in [3.05, 3.63) is 58.3 Å². The summed E-state index contributed by atoms with van der Waals surface area (Å²) in [5.74, 6) is 0.862. The lowest BCUT2D eigenvalue weighted by atomic mass is 10.0. The van der Waals surface area contributed by atoms with Crippen molar-refractivity contribution in [3.8, 4) is 17.2 Å². The molecule has 0 saturated carbocycles. The van der Waals surface area contributed by atoms with Gasteiger partial charge in [0.25, 0.3) is 0 Å². The quantitative estimate of drug-likeness (QED) is 0.437. The average Bonchev–Trinajstić information content (AvgIpc) is 3.04. The van der Waals surface area contributed by atoms with E-state index in [4.69, 9.17) is 18.9 Å². The van der Waals surface area contributed by atoms with Crippen LogP contribution in [0.25, 0.3) is 6.08 Å². The van der Waals surface area contributed by atoms with Crippen LogP contribution in [0, 0.1) is 13.8 Å². The molecule has 0 N–H and O–H groups in total. The van der Waals surface area contributed by atoms with Gasteiger partial charge in [-0.1, -0.05) is 0 Å². The molecule has 0 amide bonds. The molecule has 29 heavy (non-hydrogen) atoms. The normalized spacial score (nSPS) is 14.4. The third-order valence-electron chi connectivity index (χ3n) is 4.25. The molecule has 7 heteroatoms. The highest BCUT2D eigenvalue weighted by Gasteiger charge is 2.25. The van der Waals surface area contributed by atoms with Gasteiger partial charge in [-0.3, -0.25) is 4.79 Å². The van der Waals surface area contributed by atoms with Gasteiger partial charge in [0.2, 0.25) is 5.90 Å². The number of esters is 2. The summed E-state index contributed by atoms with van der Waals surface area (Å²) in [6, 6.07) is 8.76. The number of carbonyl (C=O) groups excluding carboxylic acids is 2. The third kappa shape index (κ3) is 4.45. The number of rotatable bonds is 5. The highest BCUT2D eigenvalue weighted by atomic mass is 16.6. The highest BCUT2D eigenvalue weighted by molar-refractivity contribution is 6.13. The zero-order valence-electron chi connectivity index (χ0n) is 16.9. The van der Waals surface area contributed by atoms with Gasteiger partial charge in [0.15, 0.2) is 5.70 Å². The number of cyclic esters (lactones) is 1. The van der Waals surface area contributed by atoms with Crippen molar-refractivity contribution in [2.45, 2.75) is 20.8 Å². The Morgan fingerprint density at radius 2 is 1.59 bits per heavy atom. The van der Waals surface area contributed by atoms with Gasteiger partial charge < -0.3 is 18.9 Å². The first-order chi connectivity index (χ1) is 13.8. The number of carbonyl (C=O) groups is 2. The second-order valence-corrected chi connectivity index (χ2v) is 6.51. The van der Waals surface area contributed by atoms with Crippen LogP contribution in [0.5, 0.6) is 17.2 Å². The number of aryl methyl sites for hydroxylation is 2. The summed E-state index contributed by atoms with van der Waals surface area (Å²) in [6.07, 6.45) is 1.63. The van der Waals surface area contributed by atoms with E-state index in [2.05, 4.69) is 4.99 Å². The smallest absolute Gasteiger partial charge is 0.363 e. The summed E-state index contributed by atoms with van der Waals surface area (Å²) < 4.78 is 21.1. The van der Waals surface area contributed by atoms with Gasteiger partial charge in [-0.2, -0.15) is 0 Å². The molecule has 150 valence electrons. The summed E-state index contributed by atoms with van der Waals surface area (Å²) in [5.41, 5.74) is 3.03. The topological polar surface area (TPSA) is 83.4 Å². The van der Waals surface area contributed by atoms with Crippen molar-refractivity contribution in [1.29, 1.82) is 0 Å². The lowest BCUT2D eigenvalue weighted by Gasteiger charge is -2.10. The molecule has 0 saturated heterocycles. The number of hydrogen-bond donors (Lipinski definition) is 0. The summed E-state index contributed by atoms with van der Waals surface area (Å²) in [6.45, 7) is 5.02. The van der Waals surface area contributed by atoms with E-state index in [1.165, 1.54) is 21.1 Å². The average molecular weight is 395 g/mol. The molecule has 0 atom stereocenters. The van der Waals surface area contributed by atoms with Crippen molar-refractivity contribution in [3.63, 3.8) is 0 Å². The first-order valence-electron chi connectivity index (χ1n) is 8.86. The lowest BCUT2D eigenvalue weighted by Crippen LogP contribution is -2.06. The van der Waals surface area contributed by atoms with E-state index in [9.17, 15) is 9.59 Å². The van der Waals surface area contributed by atoms with Crippen molar-refractivity contribution >= 4 is 23.9 Å². The fourth-order valence-corrected chi connectivity index (χ4v) is 2.99. The molecule has 7 nitrogen and oxygen atoms in total. The zero-order chi connectivity index (χ0) is 21.1. The molecule has 0 radical (unpaired) electrons. The van der Waals surface area contributed by atoms with E-state index in [1.807, 2.05) is 26.0 Å². The summed E-state index contributed by atoms with van der Waals surface area (Å²) >= 11 is 0. The van der Waals surface area contributed by atoms with Gasteiger partial charge in [0.1, 0.15) is 17.2 Å². The van der Waals surface area contributed by atoms with Crippen molar-refractivity contribution in [2.75, 3.05) is 14.2 Å². The Morgan fingerprint density at radius 3 is 2.10 bits per heavy atom. The van der Waals surface area contributed by atoms with Crippen LogP contribution in [0.4, 0.5) is 0 Å². The Balaban J connectivity index is 1.96. The molecule has 0 bridgehead atoms. The first kappa shape index (κ1) is 20.1. The summed E-state index contributed by atoms with van der Waals surface area (Å²) in [5, 5.41) is 0. The molecule has 0 unspecified atom stereocenters. The molecule has 1 aliphatic rings. The second-order valence-electron chi connectivity index (χ2n) is 6.51. The number of methoxy groups -OCH3 is 2. The standard InChI is InChI=1S/C22H21NO6/c1-12-6-15(7-13(2)20(12)28-14(3)24)8-19-22(25)29-21(23-19)16-9-17(26-4)11-18(10-16)27-5/h6-11H,1-5H3/b19-8-. The Labute approximate surface area is 168 Å². The molecule has 3 rings (SSSR count). The van der Waals surface area contributed by atoms with Gasteiger partial charge in [0.05, 0.1) is 14.2 Å². The Kier molecular flexibility index (Phi) is 5.68. The lowest BCUT2D eigenvalue weighted by molar-refractivity contribution is -0.132. The van der Waals surface area contributed by atoms with Crippen molar-refractivity contribution in [1.82, 2.24) is 0 Å². The van der Waals surface area contributed by atoms with Gasteiger partial charge in [-0.25, -0.2) is 9.79 Å². The number of nitrogens with zero attached hydrogens (tertiary/aromatic N) is 1. The second kappa shape index (κ2) is 8.18. The number of hydrogen-bond acceptors (Lipinski definition) is 7. The third-order valence-corrected chi connectivity index (χ3v) is 4.25. The molecule has 0 fully saturated rings. The minimum Gasteiger partial charge on any atom is -0.497 e. The van der Waals surface area contributed by atoms with E-state index >= 15 is 0 Å². The maximum atomic E-state index is 12.3. The minimum absolute atomic E-state index is 0.167. The van der Waals surface area contributed by atoms with E-state index in [-0.39, 0.29) is 17.6 Å². The van der Waals surface area contributed by atoms with Crippen LogP contribution in [0.3, 0.4) is 0 Å². The fourth-order valence-electron chi connectivity index (χ4n) is 2.99. The molecule has 1 aliphatic heterocycles. The zero-order valence-corrected chi connectivity index (χ0v) is 16.9. The van der Waals surface area contributed by atoms with Crippen LogP contribution < -0.4 is 14.2 Å². The summed E-state index contributed by atoms with van der Waals surface area (Å²) in [4.78, 5) is 27.9. The number of benzene rings is 2. The molecule has 0 aromatic heterocycles. The van der Waals surface area contributed by atoms with E-state index in [0.29, 0.717) is 22.8 Å².